The molecule has 11 heteroatoms. The zero-order chi connectivity index (χ0) is 19.5. The van der Waals surface area contributed by atoms with Gasteiger partial charge in [0.25, 0.3) is 0 Å². The second-order valence-corrected chi connectivity index (χ2v) is 6.93. The van der Waals surface area contributed by atoms with Crippen LogP contribution >= 0.6 is 11.3 Å². The predicted octanol–water partition coefficient (Wildman–Crippen LogP) is 3.05. The molecule has 2 aromatic rings. The van der Waals surface area contributed by atoms with Crippen LogP contribution in [0.25, 0.3) is 0 Å². The van der Waals surface area contributed by atoms with Crippen molar-refractivity contribution in [3.05, 3.63) is 40.7 Å². The van der Waals surface area contributed by atoms with Gasteiger partial charge in [0.15, 0.2) is 5.60 Å². The smallest absolute Gasteiger partial charge is 0.379 e. The molecule has 0 radical (unpaired) electrons. The van der Waals surface area contributed by atoms with Gasteiger partial charge in [-0.25, -0.2) is 9.18 Å². The molecule has 26 heavy (non-hydrogen) atoms. The summed E-state index contributed by atoms with van der Waals surface area (Å²) in [6, 6.07) is 5.03. The number of rotatable bonds is 5. The molecule has 1 atom stereocenters. The Bertz CT molecular complexity index is 779. The first kappa shape index (κ1) is 20.0. The maximum Gasteiger partial charge on any atom is 0.418 e. The molecule has 1 heterocycles. The van der Waals surface area contributed by atoms with E-state index < -0.39 is 24.4 Å². The van der Waals surface area contributed by atoms with Crippen LogP contribution in [0.1, 0.15) is 17.5 Å². The van der Waals surface area contributed by atoms with Gasteiger partial charge < -0.3 is 10.0 Å². The number of nitrogens with one attached hydrogen (secondary N) is 1. The van der Waals surface area contributed by atoms with Crippen molar-refractivity contribution in [3.63, 3.8) is 0 Å². The quantitative estimate of drug-likeness (QED) is 0.767. The fraction of sp³-hybridized carbons (Fsp3) is 0.400. The number of hydrogen-bond donors (Lipinski definition) is 2. The number of alkyl halides is 3. The Labute approximate surface area is 150 Å². The molecule has 0 aliphatic heterocycles. The molecule has 6 nitrogen and oxygen atoms in total. The molecule has 0 aliphatic rings. The third-order valence-electron chi connectivity index (χ3n) is 3.43. The van der Waals surface area contributed by atoms with E-state index in [9.17, 15) is 27.5 Å². The molecule has 1 aromatic carbocycles. The van der Waals surface area contributed by atoms with Gasteiger partial charge in [0.1, 0.15) is 10.8 Å². The number of carbonyl (C=O) groups is 1. The maximum absolute atomic E-state index is 13.2. The van der Waals surface area contributed by atoms with E-state index in [0.717, 1.165) is 18.4 Å². The Hall–Kier alpha value is -2.27. The lowest BCUT2D eigenvalue weighted by Gasteiger charge is -2.30. The molecule has 2 N–H and O–H groups in total. The van der Waals surface area contributed by atoms with E-state index in [1.165, 1.54) is 12.1 Å². The topological polar surface area (TPSA) is 78.4 Å². The molecular weight excluding hydrogens is 376 g/mol. The van der Waals surface area contributed by atoms with Gasteiger partial charge in [-0.3, -0.25) is 5.32 Å². The Kier molecular flexibility index (Phi) is 5.81. The fourth-order valence-corrected chi connectivity index (χ4v) is 2.77. The van der Waals surface area contributed by atoms with Gasteiger partial charge in [0, 0.05) is 13.5 Å². The van der Waals surface area contributed by atoms with Crippen molar-refractivity contribution < 1.29 is 27.5 Å². The molecular formula is C15H16F4N4O2S. The monoisotopic (exact) mass is 392 g/mol. The molecule has 0 bridgehead atoms. The van der Waals surface area contributed by atoms with E-state index in [0.29, 0.717) is 28.8 Å². The number of amides is 2. The highest BCUT2D eigenvalue weighted by Gasteiger charge is 2.50. The highest BCUT2D eigenvalue weighted by molar-refractivity contribution is 7.15. The van der Waals surface area contributed by atoms with Gasteiger partial charge in [0.2, 0.25) is 5.13 Å². The molecule has 2 rings (SSSR count). The number of likely N-dealkylation sites (N-methyl/N-ethyl adjacent to an activating group) is 1. The van der Waals surface area contributed by atoms with Crippen molar-refractivity contribution in [1.29, 1.82) is 0 Å². The van der Waals surface area contributed by atoms with E-state index in [4.69, 9.17) is 0 Å². The molecule has 0 fully saturated rings. The number of aromatic nitrogens is 2. The highest BCUT2D eigenvalue weighted by Crippen LogP contribution is 2.30. The van der Waals surface area contributed by atoms with E-state index in [1.54, 1.807) is 12.1 Å². The number of anilines is 1. The van der Waals surface area contributed by atoms with Crippen molar-refractivity contribution >= 4 is 22.5 Å². The SMILES string of the molecule is CN(C[C@@](C)(O)C(F)(F)F)C(=O)Nc1nnc(Cc2cccc(F)c2)s1. The molecule has 0 saturated heterocycles. The zero-order valence-electron chi connectivity index (χ0n) is 13.8. The summed E-state index contributed by atoms with van der Waals surface area (Å²) in [7, 11) is 1.12. The van der Waals surface area contributed by atoms with Crippen LogP contribution in [0.4, 0.5) is 27.5 Å². The molecule has 0 spiro atoms. The molecule has 0 aliphatic carbocycles. The van der Waals surface area contributed by atoms with Crippen LogP contribution in [0.5, 0.6) is 0 Å². The summed E-state index contributed by atoms with van der Waals surface area (Å²) in [6.45, 7) is -0.365. The van der Waals surface area contributed by atoms with Gasteiger partial charge in [-0.2, -0.15) is 13.2 Å². The molecule has 0 saturated carbocycles. The van der Waals surface area contributed by atoms with E-state index in [-0.39, 0.29) is 10.9 Å². The molecule has 0 unspecified atom stereocenters. The highest BCUT2D eigenvalue weighted by atomic mass is 32.1. The maximum atomic E-state index is 13.2. The minimum Gasteiger partial charge on any atom is -0.379 e. The Balaban J connectivity index is 1.96. The summed E-state index contributed by atoms with van der Waals surface area (Å²) in [6.07, 6.45) is -4.58. The van der Waals surface area contributed by atoms with Crippen LogP contribution in [0.3, 0.4) is 0 Å². The van der Waals surface area contributed by atoms with Crippen molar-refractivity contribution in [2.24, 2.45) is 0 Å². The van der Waals surface area contributed by atoms with Gasteiger partial charge in [-0.05, 0) is 24.6 Å². The summed E-state index contributed by atoms with van der Waals surface area (Å²) >= 11 is 1.01. The predicted molar refractivity (Wildman–Crippen MR) is 87.4 cm³/mol. The lowest BCUT2D eigenvalue weighted by atomic mass is 10.1. The van der Waals surface area contributed by atoms with Crippen molar-refractivity contribution in [3.8, 4) is 0 Å². The van der Waals surface area contributed by atoms with E-state index in [1.807, 2.05) is 0 Å². The number of halogens is 4. The normalized spacial score (nSPS) is 14.0. The third-order valence-corrected chi connectivity index (χ3v) is 4.27. The lowest BCUT2D eigenvalue weighted by Crippen LogP contribution is -2.52. The van der Waals surface area contributed by atoms with E-state index in [2.05, 4.69) is 15.5 Å². The first-order valence-corrected chi connectivity index (χ1v) is 8.17. The van der Waals surface area contributed by atoms with Crippen LogP contribution in [-0.2, 0) is 6.42 Å². The van der Waals surface area contributed by atoms with Crippen LogP contribution in [0.15, 0.2) is 24.3 Å². The average Bonchev–Trinajstić information content (AvgIpc) is 2.92. The van der Waals surface area contributed by atoms with Crippen molar-refractivity contribution in [2.45, 2.75) is 25.1 Å². The Morgan fingerprint density at radius 3 is 2.65 bits per heavy atom. The van der Waals surface area contributed by atoms with Crippen LogP contribution in [0.2, 0.25) is 0 Å². The summed E-state index contributed by atoms with van der Waals surface area (Å²) in [5, 5.41) is 19.9. The minimum absolute atomic E-state index is 0.0832. The molecule has 142 valence electrons. The van der Waals surface area contributed by atoms with Crippen LogP contribution in [-0.4, -0.2) is 51.6 Å². The van der Waals surface area contributed by atoms with Gasteiger partial charge in [-0.1, -0.05) is 23.5 Å². The zero-order valence-corrected chi connectivity index (χ0v) is 14.7. The number of aliphatic hydroxyl groups is 1. The third kappa shape index (κ3) is 5.11. The van der Waals surface area contributed by atoms with Crippen LogP contribution in [0, 0.1) is 5.82 Å². The van der Waals surface area contributed by atoms with Gasteiger partial charge in [-0.15, -0.1) is 10.2 Å². The Morgan fingerprint density at radius 2 is 2.04 bits per heavy atom. The standard InChI is InChI=1S/C15H16F4N4O2S/c1-14(25,15(17,18)19)8-23(2)13(24)20-12-22-21-11(26-12)7-9-4-3-5-10(16)6-9/h3-6,25H,7-8H2,1-2H3,(H,20,22,24)/t14-/m1/s1. The first-order valence-electron chi connectivity index (χ1n) is 7.36. The fourth-order valence-electron chi connectivity index (χ4n) is 2.01. The lowest BCUT2D eigenvalue weighted by molar-refractivity contribution is -0.254. The molecule has 2 amide bonds. The summed E-state index contributed by atoms with van der Waals surface area (Å²) in [4.78, 5) is 12.7. The average molecular weight is 392 g/mol. The van der Waals surface area contributed by atoms with Gasteiger partial charge in [0.05, 0.1) is 6.54 Å². The Morgan fingerprint density at radius 1 is 1.35 bits per heavy atom. The second kappa shape index (κ2) is 7.54. The van der Waals surface area contributed by atoms with Crippen LogP contribution < -0.4 is 5.32 Å². The number of hydrogen-bond acceptors (Lipinski definition) is 5. The number of nitrogens with zero attached hydrogens (tertiary/aromatic N) is 3. The minimum atomic E-state index is -4.87. The van der Waals surface area contributed by atoms with E-state index >= 15 is 0 Å². The second-order valence-electron chi connectivity index (χ2n) is 5.87. The summed E-state index contributed by atoms with van der Waals surface area (Å²) in [5.41, 5.74) is -2.37. The first-order chi connectivity index (χ1) is 12.0. The summed E-state index contributed by atoms with van der Waals surface area (Å²) in [5.74, 6) is -0.390. The molecule has 1 aromatic heterocycles. The van der Waals surface area contributed by atoms with Crippen molar-refractivity contribution in [2.75, 3.05) is 18.9 Å². The largest absolute Gasteiger partial charge is 0.418 e. The number of urea groups is 1. The number of carbonyl (C=O) groups excluding carboxylic acids is 1. The van der Waals surface area contributed by atoms with Crippen molar-refractivity contribution in [1.82, 2.24) is 15.1 Å². The summed E-state index contributed by atoms with van der Waals surface area (Å²) < 4.78 is 51.2. The van der Waals surface area contributed by atoms with Gasteiger partial charge >= 0.3 is 12.2 Å². The number of benzene rings is 1.